The lowest BCUT2D eigenvalue weighted by Gasteiger charge is -2.30. The predicted molar refractivity (Wildman–Crippen MR) is 106 cm³/mol. The van der Waals surface area contributed by atoms with Gasteiger partial charge in [0.1, 0.15) is 0 Å². The van der Waals surface area contributed by atoms with Gasteiger partial charge in [-0.3, -0.25) is 4.99 Å². The Hall–Kier alpha value is -0.300. The number of halogens is 4. The average molecular weight is 512 g/mol. The smallest absolute Gasteiger partial charge is 0.370 e. The minimum atomic E-state index is -5.23. The van der Waals surface area contributed by atoms with E-state index in [1.807, 2.05) is 0 Å². The molecule has 26 heavy (non-hydrogen) atoms. The van der Waals surface area contributed by atoms with E-state index in [1.165, 1.54) is 25.7 Å². The van der Waals surface area contributed by atoms with Gasteiger partial charge in [0.2, 0.25) is 0 Å². The molecule has 1 saturated heterocycles. The number of aliphatic imine (C=N–C) groups is 1. The van der Waals surface area contributed by atoms with Crippen LogP contribution in [0.4, 0.5) is 13.2 Å². The van der Waals surface area contributed by atoms with Crippen LogP contribution in [0.25, 0.3) is 0 Å². The van der Waals surface area contributed by atoms with Crippen molar-refractivity contribution < 1.29 is 21.6 Å². The van der Waals surface area contributed by atoms with Crippen LogP contribution in [0.5, 0.6) is 0 Å². The van der Waals surface area contributed by atoms with Crippen LogP contribution in [-0.2, 0) is 10.0 Å². The van der Waals surface area contributed by atoms with Crippen molar-refractivity contribution in [3.05, 3.63) is 0 Å². The first-order chi connectivity index (χ1) is 11.7. The van der Waals surface area contributed by atoms with Crippen LogP contribution in [0.1, 0.15) is 51.4 Å². The third-order valence-electron chi connectivity index (χ3n) is 4.93. The lowest BCUT2D eigenvalue weighted by Crippen LogP contribution is -2.45. The molecule has 0 spiro atoms. The molecule has 2 rings (SSSR count). The summed E-state index contributed by atoms with van der Waals surface area (Å²) >= 11 is 0. The van der Waals surface area contributed by atoms with Crippen LogP contribution in [0.3, 0.4) is 0 Å². The van der Waals surface area contributed by atoms with Crippen molar-refractivity contribution in [1.82, 2.24) is 9.62 Å². The normalized spacial score (nSPS) is 22.5. The zero-order valence-electron chi connectivity index (χ0n) is 14.7. The summed E-state index contributed by atoms with van der Waals surface area (Å²) in [6, 6.07) is 0.338. The van der Waals surface area contributed by atoms with Crippen molar-refractivity contribution in [1.29, 1.82) is 0 Å². The molecular weight excluding hydrogens is 484 g/mol. The van der Waals surface area contributed by atoms with Crippen LogP contribution in [-0.4, -0.2) is 49.9 Å². The molecule has 1 heterocycles. The number of sulfonamides is 1. The quantitative estimate of drug-likeness (QED) is 0.263. The minimum Gasteiger partial charge on any atom is -0.370 e. The van der Waals surface area contributed by atoms with Crippen LogP contribution >= 0.6 is 24.0 Å². The van der Waals surface area contributed by atoms with E-state index in [-0.39, 0.29) is 43.0 Å². The maximum absolute atomic E-state index is 12.5. The van der Waals surface area contributed by atoms with E-state index >= 15 is 0 Å². The van der Waals surface area contributed by atoms with Crippen molar-refractivity contribution in [3.63, 3.8) is 0 Å². The van der Waals surface area contributed by atoms with Crippen LogP contribution in [0, 0.1) is 5.92 Å². The first-order valence-electron chi connectivity index (χ1n) is 8.83. The number of nitrogens with zero attached hydrogens (tertiary/aromatic N) is 2. The predicted octanol–water partition coefficient (Wildman–Crippen LogP) is 2.79. The number of alkyl halides is 3. The van der Waals surface area contributed by atoms with Crippen molar-refractivity contribution in [2.45, 2.75) is 62.9 Å². The summed E-state index contributed by atoms with van der Waals surface area (Å²) in [6.45, 7) is 0.154. The van der Waals surface area contributed by atoms with Gasteiger partial charge in [0.05, 0.1) is 0 Å². The molecule has 6 nitrogen and oxygen atoms in total. The molecule has 0 aromatic carbocycles. The van der Waals surface area contributed by atoms with Gasteiger partial charge in [-0.2, -0.15) is 17.5 Å². The summed E-state index contributed by atoms with van der Waals surface area (Å²) in [6.07, 6.45) is 7.70. The molecule has 0 radical (unpaired) electrons. The van der Waals surface area contributed by atoms with Crippen LogP contribution in [0.2, 0.25) is 0 Å². The van der Waals surface area contributed by atoms with E-state index in [2.05, 4.69) is 10.3 Å². The number of nitrogens with one attached hydrogen (secondary N) is 1. The SMILES string of the molecule is I.NC(=NCC1CCN(S(=O)(=O)C(F)(F)F)CC1)NC1CCCCCC1. The molecule has 3 N–H and O–H groups in total. The van der Waals surface area contributed by atoms with E-state index in [1.54, 1.807) is 0 Å². The Labute approximate surface area is 170 Å². The Morgan fingerprint density at radius 3 is 2.12 bits per heavy atom. The van der Waals surface area contributed by atoms with Gasteiger partial charge in [-0.25, -0.2) is 8.42 Å². The van der Waals surface area contributed by atoms with E-state index in [4.69, 9.17) is 5.73 Å². The molecule has 2 aliphatic rings. The molecule has 1 saturated carbocycles. The summed E-state index contributed by atoms with van der Waals surface area (Å²) in [5, 5.41) is 3.22. The van der Waals surface area contributed by atoms with E-state index < -0.39 is 15.5 Å². The molecule has 0 atom stereocenters. The molecule has 0 unspecified atom stereocenters. The Balaban J connectivity index is 0.00000338. The van der Waals surface area contributed by atoms with Gasteiger partial charge < -0.3 is 11.1 Å². The monoisotopic (exact) mass is 512 g/mol. The zero-order valence-corrected chi connectivity index (χ0v) is 17.8. The highest BCUT2D eigenvalue weighted by Crippen LogP contribution is 2.30. The standard InChI is InChI=1S/C15H27F3N4O2S.HI/c16-15(17,18)25(23,24)22-9-7-12(8-10-22)11-20-14(19)21-13-5-3-1-2-4-6-13;/h12-13H,1-11H2,(H3,19,20,21);1H. The fourth-order valence-corrected chi connectivity index (χ4v) is 4.37. The third-order valence-corrected chi connectivity index (χ3v) is 6.56. The van der Waals surface area contributed by atoms with Gasteiger partial charge in [-0.15, -0.1) is 24.0 Å². The van der Waals surface area contributed by atoms with E-state index in [0.717, 1.165) is 12.8 Å². The molecule has 0 aromatic rings. The van der Waals surface area contributed by atoms with Gasteiger partial charge in [-0.1, -0.05) is 25.7 Å². The second-order valence-electron chi connectivity index (χ2n) is 6.85. The lowest BCUT2D eigenvalue weighted by molar-refractivity contribution is -0.0496. The first kappa shape index (κ1) is 23.7. The topological polar surface area (TPSA) is 87.8 Å². The van der Waals surface area contributed by atoms with Gasteiger partial charge in [0, 0.05) is 25.7 Å². The van der Waals surface area contributed by atoms with Crippen LogP contribution in [0.15, 0.2) is 4.99 Å². The second kappa shape index (κ2) is 10.3. The summed E-state index contributed by atoms with van der Waals surface area (Å²) in [5.74, 6) is 0.423. The number of hydrogen-bond acceptors (Lipinski definition) is 3. The molecule has 1 aliphatic heterocycles. The number of piperidine rings is 1. The largest absolute Gasteiger partial charge is 0.511 e. The molecule has 11 heteroatoms. The Bertz CT molecular complexity index is 556. The van der Waals surface area contributed by atoms with Crippen molar-refractivity contribution in [2.24, 2.45) is 16.6 Å². The summed E-state index contributed by atoms with van der Waals surface area (Å²) in [7, 11) is -5.22. The highest BCUT2D eigenvalue weighted by molar-refractivity contribution is 14.0. The molecule has 0 amide bonds. The molecule has 154 valence electrons. The van der Waals surface area contributed by atoms with Crippen LogP contribution < -0.4 is 11.1 Å². The van der Waals surface area contributed by atoms with Crippen molar-refractivity contribution in [3.8, 4) is 0 Å². The summed E-state index contributed by atoms with van der Waals surface area (Å²) in [5.41, 5.74) is 0.679. The fourth-order valence-electron chi connectivity index (χ4n) is 3.38. The average Bonchev–Trinajstić information content (AvgIpc) is 2.81. The Morgan fingerprint density at radius 2 is 1.62 bits per heavy atom. The summed E-state index contributed by atoms with van der Waals surface area (Å²) < 4.78 is 60.9. The van der Waals surface area contributed by atoms with Crippen molar-refractivity contribution in [2.75, 3.05) is 19.6 Å². The van der Waals surface area contributed by atoms with E-state index in [9.17, 15) is 21.6 Å². The fraction of sp³-hybridized carbons (Fsp3) is 0.933. The maximum Gasteiger partial charge on any atom is 0.511 e. The highest BCUT2D eigenvalue weighted by Gasteiger charge is 2.50. The van der Waals surface area contributed by atoms with Crippen molar-refractivity contribution >= 4 is 40.0 Å². The highest BCUT2D eigenvalue weighted by atomic mass is 127. The number of nitrogens with two attached hydrogens (primary N) is 1. The molecule has 0 aromatic heterocycles. The van der Waals surface area contributed by atoms with Gasteiger partial charge in [-0.05, 0) is 31.6 Å². The molecular formula is C15H28F3IN4O2S. The Morgan fingerprint density at radius 1 is 1.08 bits per heavy atom. The van der Waals surface area contributed by atoms with E-state index in [0.29, 0.717) is 35.7 Å². The number of rotatable bonds is 4. The lowest BCUT2D eigenvalue weighted by atomic mass is 9.98. The number of hydrogen-bond donors (Lipinski definition) is 2. The van der Waals surface area contributed by atoms with Gasteiger partial charge in [0.25, 0.3) is 0 Å². The molecule has 2 fully saturated rings. The summed E-state index contributed by atoms with van der Waals surface area (Å²) in [4.78, 5) is 4.30. The number of guanidine groups is 1. The molecule has 0 bridgehead atoms. The minimum absolute atomic E-state index is 0. The van der Waals surface area contributed by atoms with Gasteiger partial charge in [0.15, 0.2) is 5.96 Å². The maximum atomic E-state index is 12.5. The first-order valence-corrected chi connectivity index (χ1v) is 10.3. The molecule has 1 aliphatic carbocycles. The third kappa shape index (κ3) is 6.70. The zero-order chi connectivity index (χ0) is 18.5. The Kier molecular flexibility index (Phi) is 9.40. The second-order valence-corrected chi connectivity index (χ2v) is 8.78. The van der Waals surface area contributed by atoms with Gasteiger partial charge >= 0.3 is 15.5 Å².